The fourth-order valence-corrected chi connectivity index (χ4v) is 4.56. The van der Waals surface area contributed by atoms with E-state index >= 15 is 0 Å². The van der Waals surface area contributed by atoms with Crippen molar-refractivity contribution in [1.82, 2.24) is 16.0 Å². The molecule has 1 heterocycles. The van der Waals surface area contributed by atoms with Crippen LogP contribution in [0.15, 0.2) is 120 Å². The Morgan fingerprint density at radius 2 is 1.22 bits per heavy atom. The summed E-state index contributed by atoms with van der Waals surface area (Å²) in [7, 11) is 0. The summed E-state index contributed by atoms with van der Waals surface area (Å²) in [6.07, 6.45) is 0. The molecule has 1 aliphatic rings. The first-order valence-electron chi connectivity index (χ1n) is 14.9. The number of para-hydroxylation sites is 3. The van der Waals surface area contributed by atoms with Crippen molar-refractivity contribution in [2.75, 3.05) is 28.7 Å². The minimum atomic E-state index is -1.93. The van der Waals surface area contributed by atoms with Gasteiger partial charge in [0, 0.05) is 29.4 Å². The Morgan fingerprint density at radius 1 is 0.696 bits per heavy atom. The fraction of sp³-hybridized carbons (Fsp3) is 0.171. The molecule has 0 saturated heterocycles. The second-order valence-electron chi connectivity index (χ2n) is 10.1. The van der Waals surface area contributed by atoms with Crippen LogP contribution in [-0.2, 0) is 9.59 Å². The van der Waals surface area contributed by atoms with Gasteiger partial charge < -0.3 is 26.6 Å². The Bertz CT molecular complexity index is 1680. The van der Waals surface area contributed by atoms with Crippen molar-refractivity contribution in [3.8, 4) is 0 Å². The number of anilines is 3. The van der Waals surface area contributed by atoms with Gasteiger partial charge in [0.1, 0.15) is 0 Å². The van der Waals surface area contributed by atoms with Crippen LogP contribution in [0.3, 0.4) is 0 Å². The predicted octanol–water partition coefficient (Wildman–Crippen LogP) is 4.59. The van der Waals surface area contributed by atoms with Gasteiger partial charge in [0.15, 0.2) is 5.84 Å². The van der Waals surface area contributed by atoms with E-state index in [4.69, 9.17) is 0 Å². The number of carbonyl (C=O) groups excluding carboxylic acids is 4. The van der Waals surface area contributed by atoms with E-state index in [2.05, 4.69) is 45.5 Å². The molecule has 1 atom stereocenters. The molecule has 5 rings (SSSR count). The zero-order valence-corrected chi connectivity index (χ0v) is 25.9. The molecule has 11 heteroatoms. The summed E-state index contributed by atoms with van der Waals surface area (Å²) in [4.78, 5) is 52.7. The van der Waals surface area contributed by atoms with Crippen molar-refractivity contribution in [2.24, 2.45) is 5.10 Å². The molecule has 4 aromatic carbocycles. The molecule has 0 fully saturated rings. The third-order valence-electron chi connectivity index (χ3n) is 6.69. The van der Waals surface area contributed by atoms with E-state index in [1.807, 2.05) is 6.07 Å². The highest BCUT2D eigenvalue weighted by Gasteiger charge is 2.54. The zero-order chi connectivity index (χ0) is 32.9. The lowest BCUT2D eigenvalue weighted by molar-refractivity contribution is -0.127. The van der Waals surface area contributed by atoms with E-state index in [1.165, 1.54) is 19.1 Å². The van der Waals surface area contributed by atoms with E-state index in [9.17, 15) is 19.2 Å². The van der Waals surface area contributed by atoms with Gasteiger partial charge >= 0.3 is 5.91 Å². The molecule has 1 unspecified atom stereocenters. The zero-order valence-electron chi connectivity index (χ0n) is 25.9. The standard InChI is InChI=1S/C31H26N6O4.C4H11N/c1-21(38)34-31(35-25-16-7-3-8-17-25)29(36-37(30(31)41)26-18-9-4-10-19-26)33-28(40)23-13-11-12-22(20-23)27(39)32-24-14-5-2-6-15-24;1-3-5-4-2/h2-20,35H,1H3,(H,32,39)(H,34,38)(H,33,36,40);5H,3-4H2,1-2H3. The van der Waals surface area contributed by atoms with Gasteiger partial charge in [0.05, 0.1) is 5.69 Å². The van der Waals surface area contributed by atoms with Crippen molar-refractivity contribution >= 4 is 46.5 Å². The van der Waals surface area contributed by atoms with Crippen LogP contribution in [0.25, 0.3) is 0 Å². The summed E-state index contributed by atoms with van der Waals surface area (Å²) >= 11 is 0. The molecule has 0 saturated carbocycles. The van der Waals surface area contributed by atoms with Gasteiger partial charge in [-0.1, -0.05) is 74.5 Å². The second-order valence-corrected chi connectivity index (χ2v) is 10.1. The van der Waals surface area contributed by atoms with Gasteiger partial charge in [-0.3, -0.25) is 19.2 Å². The first kappa shape index (κ1) is 33.1. The van der Waals surface area contributed by atoms with Crippen molar-refractivity contribution in [1.29, 1.82) is 0 Å². The molecule has 0 spiro atoms. The van der Waals surface area contributed by atoms with Crippen molar-refractivity contribution in [3.63, 3.8) is 0 Å². The Morgan fingerprint density at radius 3 is 1.74 bits per heavy atom. The summed E-state index contributed by atoms with van der Waals surface area (Å²) in [5.74, 6) is -2.33. The molecule has 1 aliphatic heterocycles. The van der Waals surface area contributed by atoms with Crippen LogP contribution in [0.4, 0.5) is 17.1 Å². The van der Waals surface area contributed by atoms with E-state index in [-0.39, 0.29) is 17.0 Å². The van der Waals surface area contributed by atoms with Gasteiger partial charge in [0.25, 0.3) is 17.5 Å². The third-order valence-corrected chi connectivity index (χ3v) is 6.69. The van der Waals surface area contributed by atoms with E-state index in [0.717, 1.165) is 18.1 Å². The summed E-state index contributed by atoms with van der Waals surface area (Å²) < 4.78 is 0. The minimum Gasteiger partial charge on any atom is -0.348 e. The molecule has 0 aromatic heterocycles. The van der Waals surface area contributed by atoms with Gasteiger partial charge in [-0.2, -0.15) is 5.01 Å². The summed E-state index contributed by atoms with van der Waals surface area (Å²) in [6.45, 7) is 7.65. The van der Waals surface area contributed by atoms with Crippen LogP contribution >= 0.6 is 0 Å². The lowest BCUT2D eigenvalue weighted by atomic mass is 10.1. The molecular formula is C35H37N7O4. The molecule has 236 valence electrons. The van der Waals surface area contributed by atoms with E-state index < -0.39 is 29.3 Å². The van der Waals surface area contributed by atoms with E-state index in [1.54, 1.807) is 97.1 Å². The smallest absolute Gasteiger partial charge is 0.302 e. The maximum Gasteiger partial charge on any atom is 0.302 e. The Balaban J connectivity index is 0.000000892. The molecule has 4 aromatic rings. The largest absolute Gasteiger partial charge is 0.348 e. The van der Waals surface area contributed by atoms with E-state index in [0.29, 0.717) is 17.1 Å². The molecule has 4 amide bonds. The molecule has 5 N–H and O–H groups in total. The second kappa shape index (κ2) is 15.8. The SMILES string of the molecule is CC(=O)NC1(Nc2ccccc2)C(=O)N(c2ccccc2)N=C1NC(=O)c1cccc(C(=O)Nc2ccccc2)c1.CCNCC. The van der Waals surface area contributed by atoms with Crippen LogP contribution in [-0.4, -0.2) is 48.2 Å². The van der Waals surface area contributed by atoms with Crippen molar-refractivity contribution in [2.45, 2.75) is 26.4 Å². The number of hydrogen-bond donors (Lipinski definition) is 5. The average molecular weight is 620 g/mol. The number of amides is 4. The summed E-state index contributed by atoms with van der Waals surface area (Å²) in [5.41, 5.74) is 0.0279. The third kappa shape index (κ3) is 8.21. The Kier molecular flexibility index (Phi) is 11.3. The van der Waals surface area contributed by atoms with Crippen LogP contribution in [0.5, 0.6) is 0 Å². The quantitative estimate of drug-likeness (QED) is 0.174. The number of rotatable bonds is 9. The Hall–Kier alpha value is -5.81. The molecule has 0 bridgehead atoms. The normalized spacial score (nSPS) is 15.2. The lowest BCUT2D eigenvalue weighted by Crippen LogP contribution is -2.67. The number of nitrogens with zero attached hydrogens (tertiary/aromatic N) is 2. The molecule has 46 heavy (non-hydrogen) atoms. The highest BCUT2D eigenvalue weighted by atomic mass is 16.2. The maximum absolute atomic E-state index is 13.9. The molecular weight excluding hydrogens is 582 g/mol. The van der Waals surface area contributed by atoms with Crippen molar-refractivity contribution in [3.05, 3.63) is 126 Å². The maximum atomic E-state index is 13.9. The Labute approximate surface area is 268 Å². The molecule has 11 nitrogen and oxygen atoms in total. The van der Waals surface area contributed by atoms with Crippen LogP contribution in [0.1, 0.15) is 41.5 Å². The van der Waals surface area contributed by atoms with Crippen LogP contribution < -0.4 is 31.6 Å². The molecule has 0 radical (unpaired) electrons. The number of carbonyl (C=O) groups is 4. The van der Waals surface area contributed by atoms with Crippen molar-refractivity contribution < 1.29 is 19.2 Å². The summed E-state index contributed by atoms with van der Waals surface area (Å²) in [6, 6.07) is 32.5. The first-order valence-corrected chi connectivity index (χ1v) is 14.9. The predicted molar refractivity (Wildman–Crippen MR) is 180 cm³/mol. The average Bonchev–Trinajstić information content (AvgIpc) is 3.32. The molecule has 0 aliphatic carbocycles. The number of hydrazone groups is 1. The number of nitrogens with one attached hydrogen (secondary N) is 5. The van der Waals surface area contributed by atoms with Gasteiger partial charge in [-0.05, 0) is 67.7 Å². The highest BCUT2D eigenvalue weighted by Crippen LogP contribution is 2.28. The lowest BCUT2D eigenvalue weighted by Gasteiger charge is -2.31. The topological polar surface area (TPSA) is 144 Å². The van der Waals surface area contributed by atoms with Crippen LogP contribution in [0, 0.1) is 0 Å². The number of hydrogen-bond acceptors (Lipinski definition) is 7. The monoisotopic (exact) mass is 619 g/mol. The van der Waals surface area contributed by atoms with Gasteiger partial charge in [0.2, 0.25) is 5.91 Å². The van der Waals surface area contributed by atoms with Crippen LogP contribution in [0.2, 0.25) is 0 Å². The fourth-order valence-electron chi connectivity index (χ4n) is 4.56. The number of benzene rings is 4. The minimum absolute atomic E-state index is 0.144. The van der Waals surface area contributed by atoms with Gasteiger partial charge in [-0.25, -0.2) is 0 Å². The summed E-state index contributed by atoms with van der Waals surface area (Å²) in [5, 5.41) is 19.9. The number of amidine groups is 1. The highest BCUT2D eigenvalue weighted by molar-refractivity contribution is 6.28. The van der Waals surface area contributed by atoms with Gasteiger partial charge in [-0.15, -0.1) is 5.10 Å². The first-order chi connectivity index (χ1) is 22.3.